The maximum Gasteiger partial charge on any atom is 0.205 e. The molecule has 5 heteroatoms. The number of rotatable bonds is 4. The van der Waals surface area contributed by atoms with Crippen LogP contribution in [0.25, 0.3) is 4.85 Å². The lowest BCUT2D eigenvalue weighted by Gasteiger charge is -2.29. The molecule has 0 atom stereocenters. The minimum Gasteiger partial charge on any atom is -0.487 e. The zero-order valence-electron chi connectivity index (χ0n) is 12.3. The maximum atomic E-state index is 6.92. The van der Waals surface area contributed by atoms with E-state index in [0.717, 1.165) is 37.6 Å². The standard InChI is InChI=1S/C17H18N4O/c1-18-14-5-6-15(20-12-14)13-22-17-4-2-3-16(11-17)21-9-7-19-8-10-21/h2-6,11-12,19H,7-10,13H2. The van der Waals surface area contributed by atoms with Crippen LogP contribution in [-0.4, -0.2) is 31.2 Å². The first-order chi connectivity index (χ1) is 10.8. The molecule has 1 fully saturated rings. The summed E-state index contributed by atoms with van der Waals surface area (Å²) < 4.78 is 5.81. The van der Waals surface area contributed by atoms with E-state index in [9.17, 15) is 0 Å². The number of nitrogens with zero attached hydrogens (tertiary/aromatic N) is 3. The molecule has 0 amide bonds. The van der Waals surface area contributed by atoms with E-state index in [2.05, 4.69) is 32.2 Å². The molecule has 1 aromatic carbocycles. The van der Waals surface area contributed by atoms with Gasteiger partial charge in [-0.15, -0.1) is 0 Å². The van der Waals surface area contributed by atoms with Crippen LogP contribution in [0.3, 0.4) is 0 Å². The Morgan fingerprint density at radius 2 is 2.09 bits per heavy atom. The summed E-state index contributed by atoms with van der Waals surface area (Å²) in [4.78, 5) is 9.90. The monoisotopic (exact) mass is 294 g/mol. The smallest absolute Gasteiger partial charge is 0.205 e. The molecule has 22 heavy (non-hydrogen) atoms. The highest BCUT2D eigenvalue weighted by Gasteiger charge is 2.10. The van der Waals surface area contributed by atoms with Gasteiger partial charge >= 0.3 is 0 Å². The van der Waals surface area contributed by atoms with E-state index in [-0.39, 0.29) is 0 Å². The molecule has 0 saturated carbocycles. The van der Waals surface area contributed by atoms with E-state index >= 15 is 0 Å². The van der Waals surface area contributed by atoms with Crippen molar-refractivity contribution in [2.24, 2.45) is 0 Å². The van der Waals surface area contributed by atoms with Gasteiger partial charge in [0.25, 0.3) is 0 Å². The van der Waals surface area contributed by atoms with Crippen LogP contribution < -0.4 is 15.0 Å². The van der Waals surface area contributed by atoms with Gasteiger partial charge in [-0.3, -0.25) is 4.98 Å². The summed E-state index contributed by atoms with van der Waals surface area (Å²) in [5.41, 5.74) is 2.56. The van der Waals surface area contributed by atoms with Crippen molar-refractivity contribution in [3.63, 3.8) is 0 Å². The average molecular weight is 294 g/mol. The molecule has 1 aliphatic rings. The Labute approximate surface area is 130 Å². The minimum absolute atomic E-state index is 0.406. The van der Waals surface area contributed by atoms with E-state index < -0.39 is 0 Å². The summed E-state index contributed by atoms with van der Waals surface area (Å²) in [7, 11) is 0. The Hall–Kier alpha value is -2.58. The van der Waals surface area contributed by atoms with Crippen LogP contribution in [-0.2, 0) is 6.61 Å². The molecule has 0 spiro atoms. The maximum absolute atomic E-state index is 6.92. The summed E-state index contributed by atoms with van der Waals surface area (Å²) in [5.74, 6) is 0.840. The van der Waals surface area contributed by atoms with Crippen LogP contribution >= 0.6 is 0 Å². The van der Waals surface area contributed by atoms with Gasteiger partial charge in [-0.2, -0.15) is 0 Å². The number of aromatic nitrogens is 1. The van der Waals surface area contributed by atoms with Gasteiger partial charge in [0.2, 0.25) is 5.69 Å². The molecule has 112 valence electrons. The number of pyridine rings is 1. The van der Waals surface area contributed by atoms with E-state index in [0.29, 0.717) is 12.3 Å². The van der Waals surface area contributed by atoms with Crippen molar-refractivity contribution in [1.82, 2.24) is 10.3 Å². The molecular weight excluding hydrogens is 276 g/mol. The predicted molar refractivity (Wildman–Crippen MR) is 86.4 cm³/mol. The summed E-state index contributed by atoms with van der Waals surface area (Å²) in [6.45, 7) is 11.4. The molecule has 2 aromatic rings. The summed E-state index contributed by atoms with van der Waals surface area (Å²) in [6, 6.07) is 11.7. The third kappa shape index (κ3) is 3.54. The van der Waals surface area contributed by atoms with Gasteiger partial charge in [-0.1, -0.05) is 12.1 Å². The Morgan fingerprint density at radius 3 is 2.82 bits per heavy atom. The fraction of sp³-hybridized carbons (Fsp3) is 0.294. The number of hydrogen-bond donors (Lipinski definition) is 1. The molecule has 1 aliphatic heterocycles. The zero-order valence-corrected chi connectivity index (χ0v) is 12.3. The van der Waals surface area contributed by atoms with E-state index in [1.807, 2.05) is 18.2 Å². The number of benzene rings is 1. The van der Waals surface area contributed by atoms with Crippen molar-refractivity contribution < 1.29 is 4.74 Å². The van der Waals surface area contributed by atoms with Crippen LogP contribution in [0.2, 0.25) is 0 Å². The highest BCUT2D eigenvalue weighted by atomic mass is 16.5. The largest absolute Gasteiger partial charge is 0.487 e. The van der Waals surface area contributed by atoms with Gasteiger partial charge in [-0.25, -0.2) is 4.85 Å². The van der Waals surface area contributed by atoms with Crippen molar-refractivity contribution in [3.8, 4) is 5.75 Å². The Morgan fingerprint density at radius 1 is 1.23 bits per heavy atom. The SMILES string of the molecule is [C-]#[N+]c1ccc(COc2cccc(N3CCNCC3)c2)nc1. The first kappa shape index (κ1) is 14.4. The highest BCUT2D eigenvalue weighted by molar-refractivity contribution is 5.51. The lowest BCUT2D eigenvalue weighted by Crippen LogP contribution is -2.43. The number of anilines is 1. The van der Waals surface area contributed by atoms with Crippen LogP contribution in [0.5, 0.6) is 5.75 Å². The van der Waals surface area contributed by atoms with Gasteiger partial charge in [-0.05, 0) is 18.2 Å². The van der Waals surface area contributed by atoms with Crippen LogP contribution in [0, 0.1) is 6.57 Å². The molecule has 5 nitrogen and oxygen atoms in total. The lowest BCUT2D eigenvalue weighted by molar-refractivity contribution is 0.301. The number of piperazine rings is 1. The molecule has 0 unspecified atom stereocenters. The first-order valence-electron chi connectivity index (χ1n) is 7.36. The molecule has 0 bridgehead atoms. The van der Waals surface area contributed by atoms with E-state index in [4.69, 9.17) is 11.3 Å². The molecule has 1 aromatic heterocycles. The topological polar surface area (TPSA) is 41.8 Å². The molecule has 3 rings (SSSR count). The molecule has 0 aliphatic carbocycles. The third-order valence-corrected chi connectivity index (χ3v) is 3.62. The fourth-order valence-corrected chi connectivity index (χ4v) is 2.42. The molecule has 0 radical (unpaired) electrons. The molecule has 1 saturated heterocycles. The number of nitrogens with one attached hydrogen (secondary N) is 1. The van der Waals surface area contributed by atoms with Crippen LogP contribution in [0.15, 0.2) is 42.6 Å². The number of ether oxygens (including phenoxy) is 1. The van der Waals surface area contributed by atoms with Gasteiger partial charge < -0.3 is 15.0 Å². The second kappa shape index (κ2) is 6.92. The quantitative estimate of drug-likeness (QED) is 0.880. The van der Waals surface area contributed by atoms with E-state index in [1.54, 1.807) is 12.3 Å². The molecule has 2 heterocycles. The average Bonchev–Trinajstić information content (AvgIpc) is 2.61. The molecular formula is C17H18N4O. The van der Waals surface area contributed by atoms with Crippen molar-refractivity contribution in [2.75, 3.05) is 31.1 Å². The Kier molecular flexibility index (Phi) is 4.52. The second-order valence-electron chi connectivity index (χ2n) is 5.14. The minimum atomic E-state index is 0.406. The highest BCUT2D eigenvalue weighted by Crippen LogP contribution is 2.22. The fourth-order valence-electron chi connectivity index (χ4n) is 2.42. The van der Waals surface area contributed by atoms with Gasteiger partial charge in [0.1, 0.15) is 12.4 Å². The third-order valence-electron chi connectivity index (χ3n) is 3.62. The normalized spacial score (nSPS) is 14.4. The molecule has 1 N–H and O–H groups in total. The van der Waals surface area contributed by atoms with Crippen LogP contribution in [0.4, 0.5) is 11.4 Å². The van der Waals surface area contributed by atoms with Crippen molar-refractivity contribution in [1.29, 1.82) is 0 Å². The summed E-state index contributed by atoms with van der Waals surface area (Å²) >= 11 is 0. The van der Waals surface area contributed by atoms with Crippen molar-refractivity contribution >= 4 is 11.4 Å². The van der Waals surface area contributed by atoms with Crippen molar-refractivity contribution in [2.45, 2.75) is 6.61 Å². The Balaban J connectivity index is 1.63. The van der Waals surface area contributed by atoms with Gasteiger partial charge in [0.15, 0.2) is 0 Å². The van der Waals surface area contributed by atoms with Gasteiger partial charge in [0, 0.05) is 44.1 Å². The van der Waals surface area contributed by atoms with Gasteiger partial charge in [0.05, 0.1) is 12.3 Å². The van der Waals surface area contributed by atoms with E-state index in [1.165, 1.54) is 5.69 Å². The second-order valence-corrected chi connectivity index (χ2v) is 5.14. The summed E-state index contributed by atoms with van der Waals surface area (Å²) in [6.07, 6.45) is 1.57. The number of hydrogen-bond acceptors (Lipinski definition) is 4. The predicted octanol–water partition coefficient (Wildman–Crippen LogP) is 2.62. The van der Waals surface area contributed by atoms with Crippen molar-refractivity contribution in [3.05, 3.63) is 59.7 Å². The lowest BCUT2D eigenvalue weighted by atomic mass is 10.2. The summed E-state index contributed by atoms with van der Waals surface area (Å²) in [5, 5.41) is 3.35. The van der Waals surface area contributed by atoms with Crippen LogP contribution in [0.1, 0.15) is 5.69 Å². The Bertz CT molecular complexity index is 657. The first-order valence-corrected chi connectivity index (χ1v) is 7.36. The zero-order chi connectivity index (χ0) is 15.2.